The van der Waals surface area contributed by atoms with Crippen LogP contribution in [-0.4, -0.2) is 33.8 Å². The second kappa shape index (κ2) is 8.17. The highest BCUT2D eigenvalue weighted by atomic mass is 32.1. The highest BCUT2D eigenvalue weighted by molar-refractivity contribution is 7.15. The number of amides is 1. The molecule has 1 aliphatic heterocycles. The van der Waals surface area contributed by atoms with Crippen LogP contribution in [-0.2, 0) is 10.3 Å². The largest absolute Gasteiger partial charge is 0.343 e. The van der Waals surface area contributed by atoms with E-state index in [1.54, 1.807) is 25.5 Å². The fraction of sp³-hybridized carbons (Fsp3) is 0.292. The second-order valence-electron chi connectivity index (χ2n) is 8.43. The van der Waals surface area contributed by atoms with Crippen LogP contribution in [0.3, 0.4) is 0 Å². The van der Waals surface area contributed by atoms with E-state index in [1.807, 2.05) is 19.1 Å². The van der Waals surface area contributed by atoms with E-state index in [-0.39, 0.29) is 11.9 Å². The monoisotopic (exact) mass is 444 g/mol. The molecular weight excluding hydrogens is 420 g/mol. The van der Waals surface area contributed by atoms with E-state index < -0.39 is 11.5 Å². The molecule has 0 aliphatic carbocycles. The number of aromatic nitrogens is 2. The molecule has 0 saturated carbocycles. The Morgan fingerprint density at radius 1 is 1.25 bits per heavy atom. The first kappa shape index (κ1) is 21.7. The molecular formula is C24H24N6OS. The lowest BCUT2D eigenvalue weighted by atomic mass is 9.78. The van der Waals surface area contributed by atoms with Crippen molar-refractivity contribution < 1.29 is 4.79 Å². The molecule has 0 spiro atoms. The van der Waals surface area contributed by atoms with Gasteiger partial charge in [0.25, 0.3) is 0 Å². The van der Waals surface area contributed by atoms with E-state index in [0.29, 0.717) is 16.5 Å². The molecule has 0 bridgehead atoms. The summed E-state index contributed by atoms with van der Waals surface area (Å²) >= 11 is 1.43. The number of pyridine rings is 1. The van der Waals surface area contributed by atoms with Gasteiger partial charge < -0.3 is 5.32 Å². The SMILES string of the molecule is CC(C)c1ccc([C@@H]2C(=O)N(C)C(=N)N[C@]2(C)c2ncc(-c3cncc(C#N)c3)s2)cc1. The zero-order valence-corrected chi connectivity index (χ0v) is 19.2. The quantitative estimate of drug-likeness (QED) is 0.627. The molecule has 8 heteroatoms. The molecule has 1 saturated heterocycles. The average molecular weight is 445 g/mol. The highest BCUT2D eigenvalue weighted by Gasteiger charge is 2.50. The predicted molar refractivity (Wildman–Crippen MR) is 124 cm³/mol. The van der Waals surface area contributed by atoms with Gasteiger partial charge in [-0.3, -0.25) is 20.1 Å². The summed E-state index contributed by atoms with van der Waals surface area (Å²) in [6, 6.07) is 12.0. The topological polar surface area (TPSA) is 106 Å². The minimum Gasteiger partial charge on any atom is -0.343 e. The standard InChI is InChI=1S/C24H24N6OS/c1-14(2)16-5-7-17(8-6-16)20-21(31)30(4)23(26)29-24(20,3)22-28-13-19(32-22)18-9-15(10-25)11-27-12-18/h5-9,11-14,20H,1-4H3,(H2,26,29)/t20-,24+/m1/s1. The van der Waals surface area contributed by atoms with Crippen LogP contribution in [0.5, 0.6) is 0 Å². The first-order chi connectivity index (χ1) is 15.2. The Morgan fingerprint density at radius 3 is 2.62 bits per heavy atom. The lowest BCUT2D eigenvalue weighted by molar-refractivity contribution is -0.131. The van der Waals surface area contributed by atoms with Crippen molar-refractivity contribution in [2.75, 3.05) is 7.05 Å². The maximum absolute atomic E-state index is 13.4. The van der Waals surface area contributed by atoms with Crippen LogP contribution < -0.4 is 5.32 Å². The van der Waals surface area contributed by atoms with Gasteiger partial charge in [-0.1, -0.05) is 38.1 Å². The summed E-state index contributed by atoms with van der Waals surface area (Å²) in [5.41, 5.74) is 2.45. The molecule has 0 radical (unpaired) electrons. The fourth-order valence-electron chi connectivity index (χ4n) is 3.96. The lowest BCUT2D eigenvalue weighted by Gasteiger charge is -2.44. The molecule has 2 N–H and O–H groups in total. The van der Waals surface area contributed by atoms with Crippen LogP contribution in [0.2, 0.25) is 0 Å². The van der Waals surface area contributed by atoms with Crippen molar-refractivity contribution in [3.05, 3.63) is 70.6 Å². The average Bonchev–Trinajstić information content (AvgIpc) is 3.29. The van der Waals surface area contributed by atoms with Gasteiger partial charge in [0.2, 0.25) is 5.91 Å². The van der Waals surface area contributed by atoms with E-state index in [9.17, 15) is 10.1 Å². The van der Waals surface area contributed by atoms with Gasteiger partial charge in [-0.15, -0.1) is 11.3 Å². The van der Waals surface area contributed by atoms with Gasteiger partial charge in [-0.05, 0) is 30.0 Å². The Morgan fingerprint density at radius 2 is 1.97 bits per heavy atom. The smallest absolute Gasteiger partial charge is 0.239 e. The normalized spacial score (nSPS) is 20.9. The first-order valence-electron chi connectivity index (χ1n) is 10.3. The zero-order valence-electron chi connectivity index (χ0n) is 18.4. The number of hydrogen-bond acceptors (Lipinski definition) is 6. The summed E-state index contributed by atoms with van der Waals surface area (Å²) in [7, 11) is 1.61. The summed E-state index contributed by atoms with van der Waals surface area (Å²) in [4.78, 5) is 24.3. The molecule has 3 aromatic rings. The number of nitrogens with one attached hydrogen (secondary N) is 2. The molecule has 162 valence electrons. The molecule has 1 fully saturated rings. The fourth-order valence-corrected chi connectivity index (χ4v) is 4.99. The summed E-state index contributed by atoms with van der Waals surface area (Å²) in [6.45, 7) is 6.18. The highest BCUT2D eigenvalue weighted by Crippen LogP contribution is 2.43. The molecule has 2 atom stereocenters. The lowest BCUT2D eigenvalue weighted by Crippen LogP contribution is -2.62. The van der Waals surface area contributed by atoms with Crippen molar-refractivity contribution in [2.24, 2.45) is 0 Å². The molecule has 1 aromatic carbocycles. The summed E-state index contributed by atoms with van der Waals surface area (Å²) in [5.74, 6) is -0.271. The maximum Gasteiger partial charge on any atom is 0.239 e. The molecule has 2 aromatic heterocycles. The van der Waals surface area contributed by atoms with E-state index in [4.69, 9.17) is 5.41 Å². The van der Waals surface area contributed by atoms with Gasteiger partial charge >= 0.3 is 0 Å². The third-order valence-corrected chi connectivity index (χ3v) is 7.19. The van der Waals surface area contributed by atoms with Gasteiger partial charge in [0.1, 0.15) is 16.6 Å². The Bertz CT molecular complexity index is 1230. The summed E-state index contributed by atoms with van der Waals surface area (Å²) < 4.78 is 0. The molecule has 32 heavy (non-hydrogen) atoms. The van der Waals surface area contributed by atoms with Gasteiger partial charge in [-0.2, -0.15) is 5.26 Å². The zero-order chi connectivity index (χ0) is 23.0. The van der Waals surface area contributed by atoms with Crippen molar-refractivity contribution >= 4 is 23.2 Å². The van der Waals surface area contributed by atoms with Crippen molar-refractivity contribution in [3.63, 3.8) is 0 Å². The third-order valence-electron chi connectivity index (χ3n) is 5.91. The van der Waals surface area contributed by atoms with E-state index >= 15 is 0 Å². The number of carbonyl (C=O) groups excluding carboxylic acids is 1. The van der Waals surface area contributed by atoms with Crippen LogP contribution in [0.25, 0.3) is 10.4 Å². The Kier molecular flexibility index (Phi) is 5.53. The molecule has 4 rings (SSSR count). The number of rotatable bonds is 4. The van der Waals surface area contributed by atoms with Crippen LogP contribution in [0.1, 0.15) is 54.3 Å². The molecule has 0 unspecified atom stereocenters. The van der Waals surface area contributed by atoms with Crippen molar-refractivity contribution in [3.8, 4) is 16.5 Å². The minimum atomic E-state index is -0.900. The predicted octanol–water partition coefficient (Wildman–Crippen LogP) is 4.20. The van der Waals surface area contributed by atoms with Crippen molar-refractivity contribution in [2.45, 2.75) is 38.1 Å². The molecule has 3 heterocycles. The molecule has 1 aliphatic rings. The van der Waals surface area contributed by atoms with Crippen LogP contribution in [0.4, 0.5) is 0 Å². The van der Waals surface area contributed by atoms with Crippen LogP contribution >= 0.6 is 11.3 Å². The van der Waals surface area contributed by atoms with Gasteiger partial charge in [0.05, 0.1) is 16.4 Å². The Balaban J connectivity index is 1.79. The maximum atomic E-state index is 13.4. The number of likely N-dealkylation sites (N-methyl/N-ethyl adjacent to an activating group) is 1. The summed E-state index contributed by atoms with van der Waals surface area (Å²) in [6.07, 6.45) is 4.94. The van der Waals surface area contributed by atoms with Crippen LogP contribution in [0.15, 0.2) is 48.9 Å². The summed E-state index contributed by atoms with van der Waals surface area (Å²) in [5, 5.41) is 21.4. The second-order valence-corrected chi connectivity index (χ2v) is 9.46. The number of carbonyl (C=O) groups is 1. The first-order valence-corrected chi connectivity index (χ1v) is 11.1. The minimum absolute atomic E-state index is 0.0393. The number of guanidine groups is 1. The van der Waals surface area contributed by atoms with Crippen molar-refractivity contribution in [1.82, 2.24) is 20.2 Å². The number of benzene rings is 1. The number of hydrogen-bond donors (Lipinski definition) is 2. The molecule has 7 nitrogen and oxygen atoms in total. The van der Waals surface area contributed by atoms with Crippen LogP contribution in [0, 0.1) is 16.7 Å². The Labute approximate surface area is 191 Å². The van der Waals surface area contributed by atoms with E-state index in [1.165, 1.54) is 28.0 Å². The number of nitriles is 1. The van der Waals surface area contributed by atoms with E-state index in [0.717, 1.165) is 16.0 Å². The number of nitrogens with zero attached hydrogens (tertiary/aromatic N) is 4. The van der Waals surface area contributed by atoms with Gasteiger partial charge in [0, 0.05) is 31.2 Å². The molecule has 1 amide bonds. The van der Waals surface area contributed by atoms with Gasteiger partial charge in [0.15, 0.2) is 5.96 Å². The van der Waals surface area contributed by atoms with Gasteiger partial charge in [-0.25, -0.2) is 4.98 Å². The third kappa shape index (κ3) is 3.65. The van der Waals surface area contributed by atoms with Crippen molar-refractivity contribution in [1.29, 1.82) is 10.7 Å². The number of thiazole rings is 1. The van der Waals surface area contributed by atoms with E-state index in [2.05, 4.69) is 47.3 Å². The Hall–Kier alpha value is -3.57.